The summed E-state index contributed by atoms with van der Waals surface area (Å²) in [5.74, 6) is 0.417. The van der Waals surface area contributed by atoms with Crippen molar-refractivity contribution in [2.75, 3.05) is 19.7 Å². The van der Waals surface area contributed by atoms with Crippen LogP contribution >= 0.6 is 0 Å². The van der Waals surface area contributed by atoms with Gasteiger partial charge in [-0.05, 0) is 62.5 Å². The van der Waals surface area contributed by atoms with Gasteiger partial charge in [-0.2, -0.15) is 0 Å². The number of hydrogen-bond acceptors (Lipinski definition) is 4. The molecular weight excluding hydrogens is 290 g/mol. The first kappa shape index (κ1) is 16.1. The Morgan fingerprint density at radius 2 is 1.96 bits per heavy atom. The van der Waals surface area contributed by atoms with Crippen LogP contribution in [0.5, 0.6) is 5.75 Å². The van der Waals surface area contributed by atoms with Crippen molar-refractivity contribution in [1.82, 2.24) is 4.90 Å². The number of carbonyl (C=O) groups is 1. The highest BCUT2D eigenvalue weighted by molar-refractivity contribution is 5.87. The molecule has 0 aromatic heterocycles. The molecule has 0 aliphatic carbocycles. The molecule has 0 spiro atoms. The summed E-state index contributed by atoms with van der Waals surface area (Å²) in [5, 5.41) is 9.24. The Morgan fingerprint density at radius 3 is 2.78 bits per heavy atom. The highest BCUT2D eigenvalue weighted by atomic mass is 16.5. The Labute approximate surface area is 137 Å². The van der Waals surface area contributed by atoms with E-state index in [0.717, 1.165) is 12.0 Å². The number of esters is 1. The number of hydrogen-bond donors (Lipinski definition) is 1. The molecule has 1 aromatic carbocycles. The minimum absolute atomic E-state index is 0.221. The van der Waals surface area contributed by atoms with Crippen molar-refractivity contribution in [1.29, 1.82) is 0 Å². The summed E-state index contributed by atoms with van der Waals surface area (Å²) in [5.41, 5.74) is 0.871. The van der Waals surface area contributed by atoms with Crippen molar-refractivity contribution in [3.63, 3.8) is 0 Å². The van der Waals surface area contributed by atoms with Crippen LogP contribution in [0.15, 0.2) is 30.3 Å². The lowest BCUT2D eigenvalue weighted by Gasteiger charge is -2.44. The van der Waals surface area contributed by atoms with Gasteiger partial charge in [0.2, 0.25) is 0 Å². The van der Waals surface area contributed by atoms with E-state index in [1.165, 1.54) is 44.8 Å². The van der Waals surface area contributed by atoms with Gasteiger partial charge < -0.3 is 9.84 Å². The molecule has 1 N–H and O–H groups in total. The van der Waals surface area contributed by atoms with E-state index in [2.05, 4.69) is 4.90 Å². The summed E-state index contributed by atoms with van der Waals surface area (Å²) in [6.45, 7) is 2.94. The standard InChI is InChI=1S/C19H25NO3/c21-17-9-6-15(7-10-17)8-11-19(22)23-14-16-4-3-13-20-12-2-1-5-18(16)20/h6-11,16,18,21H,1-5,12-14H2/b11-8+/t16-,18-/m1/s1. The maximum absolute atomic E-state index is 11.9. The second-order valence-corrected chi connectivity index (χ2v) is 6.56. The molecule has 0 bridgehead atoms. The number of nitrogens with zero attached hydrogens (tertiary/aromatic N) is 1. The summed E-state index contributed by atoms with van der Waals surface area (Å²) in [7, 11) is 0. The molecule has 1 aromatic rings. The summed E-state index contributed by atoms with van der Waals surface area (Å²) >= 11 is 0. The van der Waals surface area contributed by atoms with Crippen LogP contribution in [0.25, 0.3) is 6.08 Å². The van der Waals surface area contributed by atoms with Crippen molar-refractivity contribution in [3.8, 4) is 5.75 Å². The van der Waals surface area contributed by atoms with Crippen LogP contribution in [0.2, 0.25) is 0 Å². The van der Waals surface area contributed by atoms with E-state index in [9.17, 15) is 9.90 Å². The number of phenolic OH excluding ortho intramolecular Hbond substituents is 1. The Morgan fingerprint density at radius 1 is 1.17 bits per heavy atom. The Balaban J connectivity index is 1.49. The Hall–Kier alpha value is -1.81. The lowest BCUT2D eigenvalue weighted by Crippen LogP contribution is -2.49. The number of phenols is 1. The number of benzene rings is 1. The molecule has 0 amide bonds. The monoisotopic (exact) mass is 315 g/mol. The molecule has 2 aliphatic rings. The van der Waals surface area contributed by atoms with Crippen LogP contribution in [-0.4, -0.2) is 41.7 Å². The van der Waals surface area contributed by atoms with Gasteiger partial charge in [-0.1, -0.05) is 18.6 Å². The van der Waals surface area contributed by atoms with Crippen LogP contribution in [0.3, 0.4) is 0 Å². The third kappa shape index (κ3) is 4.35. The Bertz CT molecular complexity index is 550. The highest BCUT2D eigenvalue weighted by Crippen LogP contribution is 2.31. The van der Waals surface area contributed by atoms with E-state index >= 15 is 0 Å². The topological polar surface area (TPSA) is 49.8 Å². The molecule has 0 radical (unpaired) electrons. The molecular formula is C19H25NO3. The van der Waals surface area contributed by atoms with E-state index in [4.69, 9.17) is 4.74 Å². The second-order valence-electron chi connectivity index (χ2n) is 6.56. The predicted molar refractivity (Wildman–Crippen MR) is 90.0 cm³/mol. The largest absolute Gasteiger partial charge is 0.508 e. The number of carbonyl (C=O) groups excluding carboxylic acids is 1. The van der Waals surface area contributed by atoms with Gasteiger partial charge in [-0.15, -0.1) is 0 Å². The van der Waals surface area contributed by atoms with Crippen LogP contribution in [-0.2, 0) is 9.53 Å². The van der Waals surface area contributed by atoms with E-state index in [1.54, 1.807) is 30.3 Å². The average Bonchev–Trinajstić information content (AvgIpc) is 2.59. The van der Waals surface area contributed by atoms with E-state index in [-0.39, 0.29) is 11.7 Å². The molecule has 124 valence electrons. The molecule has 23 heavy (non-hydrogen) atoms. The SMILES string of the molecule is O=C(/C=C/c1ccc(O)cc1)OC[C@H]1CCCN2CCCC[C@H]12. The van der Waals surface area contributed by atoms with E-state index in [1.807, 2.05) is 0 Å². The first-order valence-corrected chi connectivity index (χ1v) is 8.60. The summed E-state index contributed by atoms with van der Waals surface area (Å²) in [6, 6.07) is 7.33. The zero-order valence-electron chi connectivity index (χ0n) is 13.5. The maximum Gasteiger partial charge on any atom is 0.330 e. The number of aromatic hydroxyl groups is 1. The molecule has 3 rings (SSSR count). The maximum atomic E-state index is 11.9. The van der Waals surface area contributed by atoms with Crippen molar-refractivity contribution in [2.45, 2.75) is 38.1 Å². The number of piperidine rings is 2. The lowest BCUT2D eigenvalue weighted by molar-refractivity contribution is -0.140. The number of ether oxygens (including phenoxy) is 1. The van der Waals surface area contributed by atoms with E-state index in [0.29, 0.717) is 18.6 Å². The summed E-state index contributed by atoms with van der Waals surface area (Å²) in [6.07, 6.45) is 9.40. The lowest BCUT2D eigenvalue weighted by atomic mass is 9.84. The van der Waals surface area contributed by atoms with Gasteiger partial charge in [0.15, 0.2) is 0 Å². The van der Waals surface area contributed by atoms with Gasteiger partial charge in [0.25, 0.3) is 0 Å². The van der Waals surface area contributed by atoms with Gasteiger partial charge >= 0.3 is 5.97 Å². The minimum Gasteiger partial charge on any atom is -0.508 e. The number of rotatable bonds is 4. The highest BCUT2D eigenvalue weighted by Gasteiger charge is 2.33. The van der Waals surface area contributed by atoms with E-state index < -0.39 is 0 Å². The summed E-state index contributed by atoms with van der Waals surface area (Å²) in [4.78, 5) is 14.5. The molecule has 2 aliphatic heterocycles. The first-order chi connectivity index (χ1) is 11.2. The normalized spacial score (nSPS) is 25.2. The zero-order valence-corrected chi connectivity index (χ0v) is 13.5. The van der Waals surface area contributed by atoms with Crippen LogP contribution in [0.4, 0.5) is 0 Å². The van der Waals surface area contributed by atoms with Crippen LogP contribution < -0.4 is 0 Å². The van der Waals surface area contributed by atoms with Gasteiger partial charge in [0.05, 0.1) is 6.61 Å². The molecule has 4 heteroatoms. The smallest absolute Gasteiger partial charge is 0.330 e. The minimum atomic E-state index is -0.286. The molecule has 2 fully saturated rings. The van der Waals surface area contributed by atoms with Gasteiger partial charge in [-0.3, -0.25) is 4.90 Å². The fraction of sp³-hybridized carbons (Fsp3) is 0.526. The third-order valence-electron chi connectivity index (χ3n) is 4.97. The molecule has 0 unspecified atom stereocenters. The average molecular weight is 315 g/mol. The zero-order chi connectivity index (χ0) is 16.1. The molecule has 4 nitrogen and oxygen atoms in total. The first-order valence-electron chi connectivity index (χ1n) is 8.60. The summed E-state index contributed by atoms with van der Waals surface area (Å²) < 4.78 is 5.47. The van der Waals surface area contributed by atoms with Crippen LogP contribution in [0, 0.1) is 5.92 Å². The van der Waals surface area contributed by atoms with Crippen molar-refractivity contribution in [3.05, 3.63) is 35.9 Å². The fourth-order valence-electron chi connectivity index (χ4n) is 3.76. The predicted octanol–water partition coefficient (Wildman–Crippen LogP) is 3.21. The van der Waals surface area contributed by atoms with Crippen molar-refractivity contribution >= 4 is 12.0 Å². The molecule has 2 saturated heterocycles. The Kier molecular flexibility index (Phi) is 5.34. The third-order valence-corrected chi connectivity index (χ3v) is 4.97. The fourth-order valence-corrected chi connectivity index (χ4v) is 3.76. The van der Waals surface area contributed by atoms with Gasteiger partial charge in [-0.25, -0.2) is 4.79 Å². The van der Waals surface area contributed by atoms with Gasteiger partial charge in [0, 0.05) is 18.0 Å². The second kappa shape index (κ2) is 7.64. The number of fused-ring (bicyclic) bond motifs is 1. The molecule has 2 heterocycles. The quantitative estimate of drug-likeness (QED) is 0.685. The molecule has 2 atom stereocenters. The molecule has 0 saturated carbocycles. The van der Waals surface area contributed by atoms with Gasteiger partial charge in [0.1, 0.15) is 5.75 Å². The van der Waals surface area contributed by atoms with Crippen molar-refractivity contribution in [2.24, 2.45) is 5.92 Å². The van der Waals surface area contributed by atoms with Crippen molar-refractivity contribution < 1.29 is 14.6 Å². The van der Waals surface area contributed by atoms with Crippen LogP contribution in [0.1, 0.15) is 37.7 Å².